The number of hydrazine groups is 1. The van der Waals surface area contributed by atoms with Gasteiger partial charge in [0.1, 0.15) is 59.2 Å². The number of carbonyl (C=O) groups is 5. The Kier molecular flexibility index (Phi) is 10.6. The van der Waals surface area contributed by atoms with E-state index in [0.717, 1.165) is 6.20 Å². The van der Waals surface area contributed by atoms with Crippen LogP contribution in [0.5, 0.6) is 0 Å². The molecule has 2 saturated heterocycles. The Bertz CT molecular complexity index is 2330. The third kappa shape index (κ3) is 6.85. The number of piperazine rings is 1. The summed E-state index contributed by atoms with van der Waals surface area (Å²) in [5.74, 6) is -15.0. The molecule has 12 nitrogen and oxygen atoms in total. The van der Waals surface area contributed by atoms with Crippen molar-refractivity contribution in [2.75, 3.05) is 6.54 Å². The quantitative estimate of drug-likeness (QED) is 0.0733. The number of nitrogens with zero attached hydrogens (tertiary/aromatic N) is 3. The first-order valence-corrected chi connectivity index (χ1v) is 17.9. The van der Waals surface area contributed by atoms with Crippen LogP contribution in [0, 0.1) is 40.8 Å². The lowest BCUT2D eigenvalue weighted by molar-refractivity contribution is -0.127. The number of ketones is 4. The summed E-state index contributed by atoms with van der Waals surface area (Å²) in [5.41, 5.74) is -2.14. The van der Waals surface area contributed by atoms with Crippen molar-refractivity contribution in [1.29, 1.82) is 0 Å². The standard InChI is InChI=1S/C40H33F6N5O7/c1-18-14-40(58-49-18)9-8-19(2)50-16-28(40)51-15-23(39(56)48-47)29(34(52)35(53)30-24(43)10-21(41)11-25(30)44)38(57-17-20-6-4-3-5-7-20)33(51)32(50)37(55)36(54)31-26(45)12-22(42)13-27(31)46/h3-7,10-13,15,19,28-29,32H,8-9,14,16-17,47H2,1-2H3,(H,48,56)/t19-,28+,29?,32?,40-/m0/s1. The highest BCUT2D eigenvalue weighted by molar-refractivity contribution is 6.47. The number of carbonyl (C=O) groups excluding carboxylic acids is 5. The Hall–Kier alpha value is -6.14. The predicted octanol–water partition coefficient (Wildman–Crippen LogP) is 4.73. The SMILES string of the molecule is CC1=NO[C@@]2(CC[C@H](C)N3C[C@H]2N2C=C(C(=O)NN)C(C(=O)C(=O)c4c(F)cc(F)cc4F)C(OCc4ccccc4)=C2C3C(=O)C(=O)c2c(F)cc(F)cc2F)C1. The molecule has 4 aliphatic rings. The number of benzene rings is 3. The molecule has 4 aliphatic heterocycles. The number of hydrogen-bond acceptors (Lipinski definition) is 11. The highest BCUT2D eigenvalue weighted by atomic mass is 19.2. The topological polar surface area (TPSA) is 161 Å². The largest absolute Gasteiger partial charge is 0.490 e. The van der Waals surface area contributed by atoms with Gasteiger partial charge in [-0.25, -0.2) is 32.2 Å². The highest BCUT2D eigenvalue weighted by Crippen LogP contribution is 2.49. The molecule has 302 valence electrons. The molecule has 2 fully saturated rings. The fourth-order valence-electron chi connectivity index (χ4n) is 8.13. The lowest BCUT2D eigenvalue weighted by atomic mass is 9.78. The molecule has 0 saturated carbocycles. The first-order valence-electron chi connectivity index (χ1n) is 17.9. The van der Waals surface area contributed by atoms with Crippen LogP contribution in [0.15, 0.2) is 83.0 Å². The molecule has 1 spiro atoms. The van der Waals surface area contributed by atoms with Crippen LogP contribution in [0.2, 0.25) is 0 Å². The first-order chi connectivity index (χ1) is 27.6. The van der Waals surface area contributed by atoms with E-state index in [4.69, 9.17) is 15.4 Å². The van der Waals surface area contributed by atoms with Crippen LogP contribution in [0.1, 0.15) is 59.4 Å². The van der Waals surface area contributed by atoms with Gasteiger partial charge >= 0.3 is 0 Å². The van der Waals surface area contributed by atoms with E-state index >= 15 is 17.6 Å². The molecule has 3 aromatic carbocycles. The molecule has 0 radical (unpaired) electrons. The molecular weight excluding hydrogens is 776 g/mol. The molecule has 0 aromatic heterocycles. The zero-order valence-electron chi connectivity index (χ0n) is 30.7. The summed E-state index contributed by atoms with van der Waals surface area (Å²) in [6.45, 7) is 2.83. The zero-order valence-corrected chi connectivity index (χ0v) is 30.7. The van der Waals surface area contributed by atoms with Crippen LogP contribution < -0.4 is 11.3 Å². The van der Waals surface area contributed by atoms with Gasteiger partial charge < -0.3 is 14.5 Å². The maximum absolute atomic E-state index is 15.1. The lowest BCUT2D eigenvalue weighted by Gasteiger charge is -2.52. The number of ether oxygens (including phenoxy) is 1. The summed E-state index contributed by atoms with van der Waals surface area (Å²) in [4.78, 5) is 79.7. The van der Waals surface area contributed by atoms with Gasteiger partial charge in [-0.2, -0.15) is 0 Å². The Morgan fingerprint density at radius 1 is 0.897 bits per heavy atom. The molecule has 3 N–H and O–H groups in total. The molecule has 3 aromatic rings. The summed E-state index contributed by atoms with van der Waals surface area (Å²) in [5, 5.41) is 4.17. The third-order valence-electron chi connectivity index (χ3n) is 10.8. The number of hydrogen-bond donors (Lipinski definition) is 2. The van der Waals surface area contributed by atoms with Crippen LogP contribution >= 0.6 is 0 Å². The summed E-state index contributed by atoms with van der Waals surface area (Å²) in [6, 6.07) is 5.45. The molecule has 6 atom stereocenters. The van der Waals surface area contributed by atoms with Crippen LogP contribution in [-0.4, -0.2) is 74.8 Å². The Labute approximate surface area is 325 Å². The number of nitrogens with two attached hydrogens (primary N) is 1. The van der Waals surface area contributed by atoms with Crippen molar-refractivity contribution in [3.63, 3.8) is 0 Å². The maximum Gasteiger partial charge on any atom is 0.263 e. The van der Waals surface area contributed by atoms with E-state index in [-0.39, 0.29) is 55.8 Å². The fraction of sp³-hybridized carbons (Fsp3) is 0.300. The number of Topliss-reactive ketones (excluding diaryl/α,β-unsaturated/α-hetero) is 4. The fourth-order valence-corrected chi connectivity index (χ4v) is 8.13. The van der Waals surface area contributed by atoms with Gasteiger partial charge in [-0.15, -0.1) is 0 Å². The van der Waals surface area contributed by atoms with E-state index in [1.165, 1.54) is 9.80 Å². The van der Waals surface area contributed by atoms with Crippen molar-refractivity contribution in [2.45, 2.75) is 63.4 Å². The van der Waals surface area contributed by atoms with Crippen LogP contribution in [0.4, 0.5) is 26.3 Å². The van der Waals surface area contributed by atoms with E-state index in [1.807, 2.05) is 5.43 Å². The van der Waals surface area contributed by atoms with Crippen molar-refractivity contribution < 1.29 is 59.9 Å². The molecule has 58 heavy (non-hydrogen) atoms. The van der Waals surface area contributed by atoms with Gasteiger partial charge in [0, 0.05) is 49.5 Å². The minimum Gasteiger partial charge on any atom is -0.490 e. The number of halogens is 6. The van der Waals surface area contributed by atoms with E-state index < -0.39 is 123 Å². The summed E-state index contributed by atoms with van der Waals surface area (Å²) in [6.07, 6.45) is 1.83. The minimum atomic E-state index is -2.25. The van der Waals surface area contributed by atoms with E-state index in [0.29, 0.717) is 11.3 Å². The number of fused-ring (bicyclic) bond motifs is 5. The Morgan fingerprint density at radius 2 is 1.47 bits per heavy atom. The van der Waals surface area contributed by atoms with Crippen molar-refractivity contribution in [3.05, 3.63) is 129 Å². The highest BCUT2D eigenvalue weighted by Gasteiger charge is 2.60. The average molecular weight is 810 g/mol. The minimum absolute atomic E-state index is 0.130. The van der Waals surface area contributed by atoms with Gasteiger partial charge in [0.15, 0.2) is 5.60 Å². The van der Waals surface area contributed by atoms with E-state index in [1.54, 1.807) is 44.2 Å². The smallest absolute Gasteiger partial charge is 0.263 e. The van der Waals surface area contributed by atoms with Gasteiger partial charge in [0.05, 0.1) is 34.2 Å². The Balaban J connectivity index is 1.50. The number of allylic oxidation sites excluding steroid dienone is 1. The summed E-state index contributed by atoms with van der Waals surface area (Å²) < 4.78 is 94.6. The second-order valence-corrected chi connectivity index (χ2v) is 14.5. The Morgan fingerprint density at radius 3 is 2.00 bits per heavy atom. The monoisotopic (exact) mass is 809 g/mol. The van der Waals surface area contributed by atoms with Gasteiger partial charge in [0.2, 0.25) is 23.1 Å². The second kappa shape index (κ2) is 15.3. The first kappa shape index (κ1) is 40.1. The molecule has 1 amide bonds. The van der Waals surface area contributed by atoms with Crippen molar-refractivity contribution in [2.24, 2.45) is 16.9 Å². The normalized spacial score (nSPS) is 24.9. The average Bonchev–Trinajstić information content (AvgIpc) is 3.52. The molecule has 0 aliphatic carbocycles. The molecule has 3 unspecified atom stereocenters. The molecule has 18 heteroatoms. The second-order valence-electron chi connectivity index (χ2n) is 14.5. The van der Waals surface area contributed by atoms with Gasteiger partial charge in [-0.05, 0) is 32.3 Å². The number of rotatable bonds is 10. The maximum atomic E-state index is 15.1. The van der Waals surface area contributed by atoms with Crippen molar-refractivity contribution >= 4 is 34.8 Å². The zero-order chi connectivity index (χ0) is 41.8. The molecule has 4 heterocycles. The van der Waals surface area contributed by atoms with Crippen LogP contribution in [0.3, 0.4) is 0 Å². The van der Waals surface area contributed by atoms with Gasteiger partial charge in [-0.3, -0.25) is 34.3 Å². The van der Waals surface area contributed by atoms with E-state index in [2.05, 4.69) is 5.16 Å². The molecule has 2 bridgehead atoms. The number of oxime groups is 1. The van der Waals surface area contributed by atoms with Crippen LogP contribution in [-0.2, 0) is 30.6 Å². The van der Waals surface area contributed by atoms with Gasteiger partial charge in [-0.1, -0.05) is 35.5 Å². The van der Waals surface area contributed by atoms with Crippen molar-refractivity contribution in [3.8, 4) is 0 Å². The summed E-state index contributed by atoms with van der Waals surface area (Å²) in [7, 11) is 0. The molecule has 7 rings (SSSR count). The lowest BCUT2D eigenvalue weighted by Crippen LogP contribution is -2.66. The summed E-state index contributed by atoms with van der Waals surface area (Å²) >= 11 is 0. The third-order valence-corrected chi connectivity index (χ3v) is 10.8. The van der Waals surface area contributed by atoms with E-state index in [9.17, 15) is 32.8 Å². The van der Waals surface area contributed by atoms with Crippen LogP contribution in [0.25, 0.3) is 0 Å². The van der Waals surface area contributed by atoms with Gasteiger partial charge in [0.25, 0.3) is 5.91 Å². The molecular formula is C40H33F6N5O7. The predicted molar refractivity (Wildman–Crippen MR) is 190 cm³/mol. The van der Waals surface area contributed by atoms with Crippen molar-refractivity contribution in [1.82, 2.24) is 15.2 Å². The number of amides is 1. The number of nitrogens with one attached hydrogen (secondary N) is 1.